The molecule has 43 heavy (non-hydrogen) atoms. The molecule has 1 aliphatic carbocycles. The maximum absolute atomic E-state index is 14.0. The van der Waals surface area contributed by atoms with Gasteiger partial charge >= 0.3 is 0 Å². The summed E-state index contributed by atoms with van der Waals surface area (Å²) in [6, 6.07) is 13.3. The van der Waals surface area contributed by atoms with Gasteiger partial charge in [-0.15, -0.1) is 5.53 Å². The fourth-order valence-electron chi connectivity index (χ4n) is 5.47. The standard InChI is InChI=1S/C31H32F2N10/c1-30(2,3)16-37-26-19(13-35)14-36-25-18(12-34)10-20(11-22(25)26)39-27(21-6-5-7-23-28(21)42(4)17-38-23)24-15-43(41-40-24)31(8-9-31)29(32)33/h5-7,10-11,14-15,17,27,29,39-41H,8-9,16H2,1-4H3,(H,36,37)/t27-/m0/s1. The summed E-state index contributed by atoms with van der Waals surface area (Å²) < 4.78 is 29.9. The minimum atomic E-state index is -2.51. The Morgan fingerprint density at radius 3 is 2.56 bits per heavy atom. The molecule has 6 rings (SSSR count). The quantitative estimate of drug-likeness (QED) is 0.215. The molecular formula is C31H32F2N10. The molecule has 1 saturated carbocycles. The maximum Gasteiger partial charge on any atom is 0.262 e. The summed E-state index contributed by atoms with van der Waals surface area (Å²) in [5.41, 5.74) is 10.3. The van der Waals surface area contributed by atoms with Gasteiger partial charge in [-0.2, -0.15) is 10.5 Å². The largest absolute Gasteiger partial charge is 0.383 e. The van der Waals surface area contributed by atoms with Gasteiger partial charge in [0.25, 0.3) is 6.43 Å². The van der Waals surface area contributed by atoms with E-state index in [4.69, 9.17) is 0 Å². The van der Waals surface area contributed by atoms with Crippen LogP contribution in [0.2, 0.25) is 0 Å². The van der Waals surface area contributed by atoms with Crippen LogP contribution in [0, 0.1) is 28.1 Å². The highest BCUT2D eigenvalue weighted by Crippen LogP contribution is 2.47. The van der Waals surface area contributed by atoms with Crippen LogP contribution in [0.1, 0.15) is 56.3 Å². The summed E-state index contributed by atoms with van der Waals surface area (Å²) in [5.74, 6) is 0. The summed E-state index contributed by atoms with van der Waals surface area (Å²) in [4.78, 5) is 8.96. The van der Waals surface area contributed by atoms with Crippen molar-refractivity contribution in [2.75, 3.05) is 17.2 Å². The van der Waals surface area contributed by atoms with Crippen molar-refractivity contribution in [2.45, 2.75) is 51.6 Å². The van der Waals surface area contributed by atoms with Gasteiger partial charge in [0, 0.05) is 42.6 Å². The fourth-order valence-corrected chi connectivity index (χ4v) is 5.47. The van der Waals surface area contributed by atoms with Crippen molar-refractivity contribution in [3.8, 4) is 12.1 Å². The monoisotopic (exact) mass is 582 g/mol. The molecule has 0 unspecified atom stereocenters. The van der Waals surface area contributed by atoms with Crippen LogP contribution in [0.3, 0.4) is 0 Å². The number of anilines is 2. The number of nitrogens with one attached hydrogen (secondary N) is 4. The van der Waals surface area contributed by atoms with E-state index >= 15 is 0 Å². The van der Waals surface area contributed by atoms with Gasteiger partial charge in [0.1, 0.15) is 17.7 Å². The van der Waals surface area contributed by atoms with E-state index in [9.17, 15) is 19.3 Å². The number of hydrazine groups is 2. The summed E-state index contributed by atoms with van der Waals surface area (Å²) in [6.07, 6.45) is 3.15. The number of aryl methyl sites for hydroxylation is 1. The van der Waals surface area contributed by atoms with Crippen molar-refractivity contribution >= 4 is 33.3 Å². The topological polar surface area (TPSA) is 130 Å². The highest BCUT2D eigenvalue weighted by atomic mass is 19.3. The zero-order valence-electron chi connectivity index (χ0n) is 24.3. The van der Waals surface area contributed by atoms with Crippen LogP contribution in [0.25, 0.3) is 21.9 Å². The van der Waals surface area contributed by atoms with Gasteiger partial charge in [0.05, 0.1) is 51.4 Å². The minimum Gasteiger partial charge on any atom is -0.383 e. The Kier molecular flexibility index (Phi) is 6.82. The molecule has 10 nitrogen and oxygen atoms in total. The van der Waals surface area contributed by atoms with Crippen molar-refractivity contribution in [3.63, 3.8) is 0 Å². The first-order valence-electron chi connectivity index (χ1n) is 14.0. The van der Waals surface area contributed by atoms with Gasteiger partial charge in [-0.25, -0.2) is 13.8 Å². The van der Waals surface area contributed by atoms with Crippen LogP contribution < -0.4 is 21.6 Å². The van der Waals surface area contributed by atoms with Crippen LogP contribution in [0.15, 0.2) is 54.8 Å². The van der Waals surface area contributed by atoms with E-state index in [1.54, 1.807) is 18.6 Å². The van der Waals surface area contributed by atoms with Crippen molar-refractivity contribution < 1.29 is 8.78 Å². The Morgan fingerprint density at radius 2 is 1.88 bits per heavy atom. The number of pyridine rings is 1. The molecular weight excluding hydrogens is 550 g/mol. The zero-order chi connectivity index (χ0) is 30.5. The Hall–Kier alpha value is -4.94. The second kappa shape index (κ2) is 10.4. The summed E-state index contributed by atoms with van der Waals surface area (Å²) >= 11 is 0. The molecule has 3 heterocycles. The molecule has 1 fully saturated rings. The second-order valence-electron chi connectivity index (χ2n) is 12.3. The summed E-state index contributed by atoms with van der Waals surface area (Å²) in [7, 11) is 1.90. The molecule has 220 valence electrons. The summed E-state index contributed by atoms with van der Waals surface area (Å²) in [5, 5.41) is 29.0. The normalized spacial score (nSPS) is 16.5. The van der Waals surface area contributed by atoms with E-state index in [1.165, 1.54) is 11.2 Å². The molecule has 12 heteroatoms. The van der Waals surface area contributed by atoms with Crippen LogP contribution >= 0.6 is 0 Å². The first-order valence-corrected chi connectivity index (χ1v) is 14.0. The molecule has 1 atom stereocenters. The van der Waals surface area contributed by atoms with Gasteiger partial charge < -0.3 is 20.6 Å². The predicted octanol–water partition coefficient (Wildman–Crippen LogP) is 5.44. The first kappa shape index (κ1) is 28.2. The number of benzene rings is 2. The minimum absolute atomic E-state index is 0.0697. The molecule has 0 spiro atoms. The lowest BCUT2D eigenvalue weighted by Gasteiger charge is -2.25. The molecule has 1 aliphatic heterocycles. The maximum atomic E-state index is 14.0. The number of para-hydroxylation sites is 1. The number of hydrogen-bond acceptors (Lipinski definition) is 9. The highest BCUT2D eigenvalue weighted by Gasteiger charge is 2.56. The van der Waals surface area contributed by atoms with Crippen LogP contribution in [-0.4, -0.2) is 38.1 Å². The molecule has 4 N–H and O–H groups in total. The van der Waals surface area contributed by atoms with Gasteiger partial charge in [0.2, 0.25) is 0 Å². The lowest BCUT2D eigenvalue weighted by molar-refractivity contribution is 0.00911. The van der Waals surface area contributed by atoms with Crippen molar-refractivity contribution in [1.29, 1.82) is 10.5 Å². The second-order valence-corrected chi connectivity index (χ2v) is 12.3. The predicted molar refractivity (Wildman–Crippen MR) is 160 cm³/mol. The third kappa shape index (κ3) is 5.04. The molecule has 0 saturated heterocycles. The number of nitriles is 2. The van der Waals surface area contributed by atoms with Crippen molar-refractivity contribution in [3.05, 3.63) is 71.4 Å². The summed E-state index contributed by atoms with van der Waals surface area (Å²) in [6.45, 7) is 6.86. The van der Waals surface area contributed by atoms with Gasteiger partial charge in [-0.05, 0) is 36.5 Å². The molecule has 0 bridgehead atoms. The van der Waals surface area contributed by atoms with E-state index in [0.29, 0.717) is 58.5 Å². The Bertz CT molecular complexity index is 1840. The molecule has 2 aliphatic rings. The number of imidazole rings is 1. The number of halogens is 2. The number of rotatable bonds is 8. The van der Waals surface area contributed by atoms with Gasteiger partial charge in [-0.1, -0.05) is 32.9 Å². The number of fused-ring (bicyclic) bond motifs is 2. The molecule has 0 amide bonds. The van der Waals surface area contributed by atoms with E-state index < -0.39 is 18.0 Å². The van der Waals surface area contributed by atoms with E-state index in [2.05, 4.69) is 64.5 Å². The third-order valence-corrected chi connectivity index (χ3v) is 7.95. The molecule has 0 radical (unpaired) electrons. The van der Waals surface area contributed by atoms with Crippen molar-refractivity contribution in [2.24, 2.45) is 12.5 Å². The average molecular weight is 583 g/mol. The van der Waals surface area contributed by atoms with Crippen LogP contribution in [0.5, 0.6) is 0 Å². The molecule has 4 aromatic rings. The van der Waals surface area contributed by atoms with E-state index in [-0.39, 0.29) is 5.41 Å². The SMILES string of the molecule is Cn1cnc2cccc([C@H](Nc3cc(C#N)c4ncc(C#N)c(NCC(C)(C)C)c4c3)C3=CN(C4(C(F)F)CC4)NN3)c21. The number of hydrogen-bond donors (Lipinski definition) is 4. The number of nitrogens with zero attached hydrogens (tertiary/aromatic N) is 6. The Balaban J connectivity index is 1.49. The van der Waals surface area contributed by atoms with Gasteiger partial charge in [-0.3, -0.25) is 9.99 Å². The lowest BCUT2D eigenvalue weighted by atomic mass is 9.96. The van der Waals surface area contributed by atoms with Crippen LogP contribution in [0.4, 0.5) is 20.2 Å². The Morgan fingerprint density at radius 1 is 1.12 bits per heavy atom. The number of alkyl halides is 2. The van der Waals surface area contributed by atoms with Gasteiger partial charge in [0.15, 0.2) is 0 Å². The average Bonchev–Trinajstić information content (AvgIpc) is 3.50. The zero-order valence-corrected chi connectivity index (χ0v) is 24.3. The fraction of sp³-hybridized carbons (Fsp3) is 0.355. The third-order valence-electron chi connectivity index (χ3n) is 7.95. The van der Waals surface area contributed by atoms with E-state index in [1.807, 2.05) is 35.9 Å². The smallest absolute Gasteiger partial charge is 0.262 e. The first-order chi connectivity index (χ1) is 20.5. The van der Waals surface area contributed by atoms with Crippen molar-refractivity contribution in [1.82, 2.24) is 30.5 Å². The van der Waals surface area contributed by atoms with E-state index in [0.717, 1.165) is 16.6 Å². The van der Waals surface area contributed by atoms with Crippen LogP contribution in [-0.2, 0) is 7.05 Å². The number of aromatic nitrogens is 3. The molecule has 2 aromatic heterocycles. The highest BCUT2D eigenvalue weighted by molar-refractivity contribution is 5.99. The lowest BCUT2D eigenvalue weighted by Crippen LogP contribution is -2.48. The Labute approximate surface area is 247 Å². The molecule has 2 aromatic carbocycles.